The molecule has 2 fully saturated rings. The maximum Gasteiger partial charge on any atom is 0.308 e. The van der Waals surface area contributed by atoms with Crippen molar-refractivity contribution in [3.63, 3.8) is 0 Å². The van der Waals surface area contributed by atoms with Gasteiger partial charge in [-0.25, -0.2) is 0 Å². The third kappa shape index (κ3) is 3.38. The number of rotatable bonds is 3. The summed E-state index contributed by atoms with van der Waals surface area (Å²) in [6, 6.07) is 5.83. The van der Waals surface area contributed by atoms with Gasteiger partial charge in [-0.1, -0.05) is 12.1 Å². The number of carbonyl (C=O) groups excluding carboxylic acids is 2. The van der Waals surface area contributed by atoms with Crippen LogP contribution in [0.2, 0.25) is 0 Å². The van der Waals surface area contributed by atoms with Crippen molar-refractivity contribution in [3.8, 4) is 0 Å². The quantitative estimate of drug-likeness (QED) is 0.909. The summed E-state index contributed by atoms with van der Waals surface area (Å²) >= 11 is 0. The first-order valence-electron chi connectivity index (χ1n) is 8.76. The zero-order valence-corrected chi connectivity index (χ0v) is 14.7. The molecule has 2 heterocycles. The molecule has 0 saturated carbocycles. The average Bonchev–Trinajstić information content (AvgIpc) is 2.98. The second-order valence-electron chi connectivity index (χ2n) is 7.09. The minimum absolute atomic E-state index is 0.0427. The number of hydrogen-bond acceptors (Lipinski definition) is 3. The van der Waals surface area contributed by atoms with E-state index in [-0.39, 0.29) is 30.7 Å². The topological polar surface area (TPSA) is 77.9 Å². The van der Waals surface area contributed by atoms with Crippen molar-refractivity contribution in [1.82, 2.24) is 4.90 Å². The maximum atomic E-state index is 12.8. The van der Waals surface area contributed by atoms with Gasteiger partial charge in [0.2, 0.25) is 11.8 Å². The number of carboxylic acids is 1. The van der Waals surface area contributed by atoms with Gasteiger partial charge in [-0.15, -0.1) is 0 Å². The molecule has 2 aliphatic heterocycles. The van der Waals surface area contributed by atoms with E-state index in [0.717, 1.165) is 16.8 Å². The van der Waals surface area contributed by atoms with Crippen molar-refractivity contribution >= 4 is 23.5 Å². The van der Waals surface area contributed by atoms with Crippen molar-refractivity contribution < 1.29 is 19.5 Å². The molecule has 2 atom stereocenters. The molecule has 0 unspecified atom stereocenters. The van der Waals surface area contributed by atoms with E-state index < -0.39 is 11.9 Å². The Bertz CT molecular complexity index is 715. The van der Waals surface area contributed by atoms with Crippen LogP contribution in [-0.4, -0.2) is 47.4 Å². The zero-order valence-electron chi connectivity index (χ0n) is 14.7. The van der Waals surface area contributed by atoms with Crippen LogP contribution >= 0.6 is 0 Å². The number of piperidine rings is 1. The summed E-state index contributed by atoms with van der Waals surface area (Å²) in [4.78, 5) is 39.8. The van der Waals surface area contributed by atoms with Crippen molar-refractivity contribution in [2.45, 2.75) is 33.1 Å². The Morgan fingerprint density at radius 1 is 1.16 bits per heavy atom. The summed E-state index contributed by atoms with van der Waals surface area (Å²) in [5.41, 5.74) is 3.02. The molecule has 1 aromatic carbocycles. The van der Waals surface area contributed by atoms with Gasteiger partial charge in [0.05, 0.1) is 11.8 Å². The molecule has 1 N–H and O–H groups in total. The van der Waals surface area contributed by atoms with E-state index >= 15 is 0 Å². The van der Waals surface area contributed by atoms with Crippen molar-refractivity contribution in [2.24, 2.45) is 11.8 Å². The summed E-state index contributed by atoms with van der Waals surface area (Å²) in [5, 5.41) is 9.19. The number of likely N-dealkylation sites (tertiary alicyclic amines) is 1. The fourth-order valence-electron chi connectivity index (χ4n) is 3.77. The molecule has 3 rings (SSSR count). The SMILES string of the molecule is Cc1cccc(N2C[C@@H](C(=O)N3CCC[C@H](C(=O)O)C3)CC2=O)c1C. The summed E-state index contributed by atoms with van der Waals surface area (Å²) < 4.78 is 0. The van der Waals surface area contributed by atoms with Gasteiger partial charge in [0.15, 0.2) is 0 Å². The first-order chi connectivity index (χ1) is 11.9. The van der Waals surface area contributed by atoms with Gasteiger partial charge in [-0.2, -0.15) is 0 Å². The third-order valence-electron chi connectivity index (χ3n) is 5.42. The van der Waals surface area contributed by atoms with Crippen LogP contribution < -0.4 is 4.90 Å². The van der Waals surface area contributed by atoms with Crippen molar-refractivity contribution in [3.05, 3.63) is 29.3 Å². The predicted octanol–water partition coefficient (Wildman–Crippen LogP) is 1.98. The number of aryl methyl sites for hydroxylation is 1. The minimum Gasteiger partial charge on any atom is -0.481 e. The highest BCUT2D eigenvalue weighted by molar-refractivity contribution is 6.01. The van der Waals surface area contributed by atoms with Crippen LogP contribution in [0.25, 0.3) is 0 Å². The third-order valence-corrected chi connectivity index (χ3v) is 5.42. The first kappa shape index (κ1) is 17.5. The lowest BCUT2D eigenvalue weighted by Crippen LogP contribution is -2.45. The van der Waals surface area contributed by atoms with E-state index in [0.29, 0.717) is 25.9 Å². The number of nitrogens with zero attached hydrogens (tertiary/aromatic N) is 2. The fourth-order valence-corrected chi connectivity index (χ4v) is 3.77. The number of hydrogen-bond donors (Lipinski definition) is 1. The monoisotopic (exact) mass is 344 g/mol. The molecular weight excluding hydrogens is 320 g/mol. The highest BCUT2D eigenvalue weighted by Gasteiger charge is 2.39. The smallest absolute Gasteiger partial charge is 0.308 e. The van der Waals surface area contributed by atoms with Crippen LogP contribution in [0, 0.1) is 25.7 Å². The Morgan fingerprint density at radius 2 is 1.92 bits per heavy atom. The van der Waals surface area contributed by atoms with E-state index in [1.807, 2.05) is 32.0 Å². The van der Waals surface area contributed by atoms with E-state index in [1.54, 1.807) is 9.80 Å². The summed E-state index contributed by atoms with van der Waals surface area (Å²) in [6.07, 6.45) is 1.50. The van der Waals surface area contributed by atoms with E-state index in [1.165, 1.54) is 0 Å². The number of carbonyl (C=O) groups is 3. The van der Waals surface area contributed by atoms with Crippen LogP contribution in [-0.2, 0) is 14.4 Å². The van der Waals surface area contributed by atoms with Crippen LogP contribution in [0.3, 0.4) is 0 Å². The number of carboxylic acid groups (broad SMARTS) is 1. The standard InChI is InChI=1S/C19H24N2O4/c1-12-5-3-7-16(13(12)2)21-11-15(9-17(21)22)18(23)20-8-4-6-14(10-20)19(24)25/h3,5,7,14-15H,4,6,8-11H2,1-2H3,(H,24,25)/t14-,15-/m0/s1. The molecule has 2 aliphatic rings. The Kier molecular flexibility index (Phi) is 4.79. The molecule has 6 heteroatoms. The van der Waals surface area contributed by atoms with Gasteiger partial charge < -0.3 is 14.9 Å². The van der Waals surface area contributed by atoms with E-state index in [4.69, 9.17) is 0 Å². The molecule has 0 spiro atoms. The van der Waals surface area contributed by atoms with Crippen LogP contribution in [0.4, 0.5) is 5.69 Å². The van der Waals surface area contributed by atoms with Crippen LogP contribution in [0.15, 0.2) is 18.2 Å². The van der Waals surface area contributed by atoms with Gasteiger partial charge in [-0.05, 0) is 43.9 Å². The Balaban J connectivity index is 1.73. The minimum atomic E-state index is -0.850. The lowest BCUT2D eigenvalue weighted by molar-refractivity contribution is -0.146. The Morgan fingerprint density at radius 3 is 2.64 bits per heavy atom. The second-order valence-corrected chi connectivity index (χ2v) is 7.09. The van der Waals surface area contributed by atoms with Gasteiger partial charge in [0.1, 0.15) is 0 Å². The highest BCUT2D eigenvalue weighted by Crippen LogP contribution is 2.31. The van der Waals surface area contributed by atoms with Crippen LogP contribution in [0.5, 0.6) is 0 Å². The lowest BCUT2D eigenvalue weighted by atomic mass is 9.96. The molecule has 2 amide bonds. The molecule has 6 nitrogen and oxygen atoms in total. The first-order valence-corrected chi connectivity index (χ1v) is 8.76. The second kappa shape index (κ2) is 6.86. The number of benzene rings is 1. The number of anilines is 1. The van der Waals surface area contributed by atoms with Crippen LogP contribution in [0.1, 0.15) is 30.4 Å². The number of amides is 2. The average molecular weight is 344 g/mol. The Hall–Kier alpha value is -2.37. The predicted molar refractivity (Wildman–Crippen MR) is 93.3 cm³/mol. The summed E-state index contributed by atoms with van der Waals surface area (Å²) in [5.74, 6) is -1.87. The summed E-state index contributed by atoms with van der Waals surface area (Å²) in [7, 11) is 0. The van der Waals surface area contributed by atoms with E-state index in [9.17, 15) is 19.5 Å². The maximum absolute atomic E-state index is 12.8. The van der Waals surface area contributed by atoms with Gasteiger partial charge in [0, 0.05) is 31.7 Å². The van der Waals surface area contributed by atoms with Crippen molar-refractivity contribution in [1.29, 1.82) is 0 Å². The molecule has 0 bridgehead atoms. The Labute approximate surface area is 147 Å². The normalized spacial score (nSPS) is 23.8. The fraction of sp³-hybridized carbons (Fsp3) is 0.526. The summed E-state index contributed by atoms with van der Waals surface area (Å²) in [6.45, 7) is 5.19. The van der Waals surface area contributed by atoms with Crippen molar-refractivity contribution in [2.75, 3.05) is 24.5 Å². The molecular formula is C19H24N2O4. The molecule has 25 heavy (non-hydrogen) atoms. The van der Waals surface area contributed by atoms with Gasteiger partial charge in [0.25, 0.3) is 0 Å². The molecule has 0 aliphatic carbocycles. The largest absolute Gasteiger partial charge is 0.481 e. The highest BCUT2D eigenvalue weighted by atomic mass is 16.4. The lowest BCUT2D eigenvalue weighted by Gasteiger charge is -2.32. The number of aliphatic carboxylic acids is 1. The van der Waals surface area contributed by atoms with E-state index in [2.05, 4.69) is 0 Å². The van der Waals surface area contributed by atoms with Gasteiger partial charge in [-0.3, -0.25) is 14.4 Å². The van der Waals surface area contributed by atoms with Gasteiger partial charge >= 0.3 is 5.97 Å². The molecule has 1 aromatic rings. The molecule has 134 valence electrons. The molecule has 0 radical (unpaired) electrons. The molecule has 0 aromatic heterocycles. The zero-order chi connectivity index (χ0) is 18.1. The molecule has 2 saturated heterocycles.